The van der Waals surface area contributed by atoms with Gasteiger partial charge in [0.15, 0.2) is 0 Å². The summed E-state index contributed by atoms with van der Waals surface area (Å²) in [7, 11) is 3.88. The molecule has 0 atom stereocenters. The van der Waals surface area contributed by atoms with E-state index in [9.17, 15) is 14.0 Å². The Kier molecular flexibility index (Phi) is 5.81. The molecule has 1 aromatic heterocycles. The van der Waals surface area contributed by atoms with E-state index in [1.54, 1.807) is 26.0 Å². The minimum Gasteiger partial charge on any atom is -0.378 e. The van der Waals surface area contributed by atoms with E-state index in [0.717, 1.165) is 15.8 Å². The molecule has 0 saturated heterocycles. The first-order valence-corrected chi connectivity index (χ1v) is 9.28. The number of benzene rings is 2. The summed E-state index contributed by atoms with van der Waals surface area (Å²) in [5, 5.41) is 3.06. The highest BCUT2D eigenvalue weighted by Crippen LogP contribution is 2.19. The number of hydrogen-bond acceptors (Lipinski definition) is 5. The van der Waals surface area contributed by atoms with Crippen molar-refractivity contribution in [2.45, 2.75) is 26.4 Å². The minimum atomic E-state index is -0.618. The molecule has 0 fully saturated rings. The van der Waals surface area contributed by atoms with Crippen LogP contribution in [-0.2, 0) is 6.54 Å². The van der Waals surface area contributed by atoms with Gasteiger partial charge in [-0.05, 0) is 55.8 Å². The van der Waals surface area contributed by atoms with Crippen LogP contribution in [0, 0.1) is 5.82 Å². The van der Waals surface area contributed by atoms with E-state index in [1.165, 1.54) is 16.7 Å². The van der Waals surface area contributed by atoms with Gasteiger partial charge in [-0.2, -0.15) is 4.98 Å². The van der Waals surface area contributed by atoms with Crippen molar-refractivity contribution in [2.24, 2.45) is 0 Å². The number of rotatable bonds is 6. The summed E-state index contributed by atoms with van der Waals surface area (Å²) in [4.78, 5) is 31.5. The highest BCUT2D eigenvalue weighted by atomic mass is 19.1. The van der Waals surface area contributed by atoms with E-state index in [1.807, 2.05) is 43.3 Å². The van der Waals surface area contributed by atoms with Crippen LogP contribution >= 0.6 is 0 Å². The molecule has 1 N–H and O–H groups in total. The summed E-state index contributed by atoms with van der Waals surface area (Å²) in [5.74, 6) is -0.218. The molecule has 0 spiro atoms. The van der Waals surface area contributed by atoms with Crippen LogP contribution in [0.4, 0.5) is 21.7 Å². The smallest absolute Gasteiger partial charge is 0.355 e. The van der Waals surface area contributed by atoms with Gasteiger partial charge < -0.3 is 10.2 Å². The molecule has 0 saturated carbocycles. The molecule has 3 aromatic rings. The summed E-state index contributed by atoms with van der Waals surface area (Å²) in [6, 6.07) is 13.1. The Labute approximate surface area is 168 Å². The lowest BCUT2D eigenvalue weighted by molar-refractivity contribution is 0.497. The van der Waals surface area contributed by atoms with Crippen molar-refractivity contribution in [1.82, 2.24) is 14.1 Å². The van der Waals surface area contributed by atoms with Gasteiger partial charge in [0, 0.05) is 31.5 Å². The number of nitrogens with one attached hydrogen (secondary N) is 1. The van der Waals surface area contributed by atoms with Gasteiger partial charge in [0.25, 0.3) is 0 Å². The van der Waals surface area contributed by atoms with Gasteiger partial charge in [0.2, 0.25) is 5.95 Å². The predicted molar refractivity (Wildman–Crippen MR) is 113 cm³/mol. The Morgan fingerprint density at radius 3 is 2.21 bits per heavy atom. The number of hydrogen-bond donors (Lipinski definition) is 1. The maximum Gasteiger partial charge on any atom is 0.355 e. The third-order valence-electron chi connectivity index (χ3n) is 4.51. The topological polar surface area (TPSA) is 72.2 Å². The largest absolute Gasteiger partial charge is 0.378 e. The maximum atomic E-state index is 13.2. The summed E-state index contributed by atoms with van der Waals surface area (Å²) >= 11 is 0. The molecule has 0 radical (unpaired) electrons. The molecule has 29 heavy (non-hydrogen) atoms. The molecule has 0 aliphatic carbocycles. The maximum absolute atomic E-state index is 13.2. The van der Waals surface area contributed by atoms with Crippen LogP contribution in [0.25, 0.3) is 0 Å². The van der Waals surface area contributed by atoms with Gasteiger partial charge in [0.05, 0.1) is 6.54 Å². The van der Waals surface area contributed by atoms with Gasteiger partial charge in [-0.25, -0.2) is 18.5 Å². The van der Waals surface area contributed by atoms with Crippen LogP contribution in [0.5, 0.6) is 0 Å². The molecule has 1 heterocycles. The number of anilines is 3. The van der Waals surface area contributed by atoms with Crippen LogP contribution in [-0.4, -0.2) is 28.2 Å². The van der Waals surface area contributed by atoms with Crippen molar-refractivity contribution in [3.05, 3.63) is 80.9 Å². The van der Waals surface area contributed by atoms with Crippen molar-refractivity contribution in [2.75, 3.05) is 24.3 Å². The second-order valence-corrected chi connectivity index (χ2v) is 7.24. The predicted octanol–water partition coefficient (Wildman–Crippen LogP) is 2.98. The Balaban J connectivity index is 2.05. The zero-order valence-corrected chi connectivity index (χ0v) is 16.9. The first kappa shape index (κ1) is 20.3. The second-order valence-electron chi connectivity index (χ2n) is 7.24. The third-order valence-corrected chi connectivity index (χ3v) is 4.51. The molecule has 8 heteroatoms. The van der Waals surface area contributed by atoms with Crippen LogP contribution in [0.3, 0.4) is 0 Å². The first-order chi connectivity index (χ1) is 13.8. The van der Waals surface area contributed by atoms with Gasteiger partial charge >= 0.3 is 11.4 Å². The van der Waals surface area contributed by atoms with E-state index < -0.39 is 11.4 Å². The lowest BCUT2D eigenvalue weighted by atomic mass is 10.2. The molecular weight excluding hydrogens is 373 g/mol. The summed E-state index contributed by atoms with van der Waals surface area (Å²) < 4.78 is 15.7. The van der Waals surface area contributed by atoms with Crippen molar-refractivity contribution < 1.29 is 4.39 Å². The lowest BCUT2D eigenvalue weighted by Gasteiger charge is -2.18. The standard InChI is InChI=1S/C21H24FN5O2/c1-14(2)27-20(28)24-19(23-17-9-11-18(12-10-17)25(3)4)26(21(27)29)13-15-5-7-16(22)8-6-15/h5-12,14H,13H2,1-4H3,(H,23,24,28). The molecule has 0 aliphatic heterocycles. The molecule has 0 amide bonds. The van der Waals surface area contributed by atoms with Gasteiger partial charge in [0.1, 0.15) is 5.82 Å². The average molecular weight is 397 g/mol. The van der Waals surface area contributed by atoms with Crippen LogP contribution in [0.1, 0.15) is 25.5 Å². The van der Waals surface area contributed by atoms with E-state index in [0.29, 0.717) is 5.69 Å². The van der Waals surface area contributed by atoms with E-state index in [-0.39, 0.29) is 24.4 Å². The summed E-state index contributed by atoms with van der Waals surface area (Å²) in [6.45, 7) is 3.65. The van der Waals surface area contributed by atoms with Crippen molar-refractivity contribution in [1.29, 1.82) is 0 Å². The fraction of sp³-hybridized carbons (Fsp3) is 0.286. The zero-order chi connectivity index (χ0) is 21.1. The fourth-order valence-corrected chi connectivity index (χ4v) is 2.93. The third kappa shape index (κ3) is 4.53. The highest BCUT2D eigenvalue weighted by Gasteiger charge is 2.16. The van der Waals surface area contributed by atoms with Crippen molar-refractivity contribution in [3.63, 3.8) is 0 Å². The Morgan fingerprint density at radius 1 is 1.03 bits per heavy atom. The zero-order valence-electron chi connectivity index (χ0n) is 16.9. The molecule has 7 nitrogen and oxygen atoms in total. The van der Waals surface area contributed by atoms with E-state index in [4.69, 9.17) is 0 Å². The van der Waals surface area contributed by atoms with Crippen molar-refractivity contribution >= 4 is 17.3 Å². The molecule has 0 unspecified atom stereocenters. The molecule has 0 bridgehead atoms. The summed E-state index contributed by atoms with van der Waals surface area (Å²) in [6.07, 6.45) is 0. The molecule has 152 valence electrons. The average Bonchev–Trinajstić information content (AvgIpc) is 2.66. The highest BCUT2D eigenvalue weighted by molar-refractivity contribution is 5.59. The Bertz CT molecular complexity index is 1100. The minimum absolute atomic E-state index is 0.138. The summed E-state index contributed by atoms with van der Waals surface area (Å²) in [5.41, 5.74) is 1.33. The van der Waals surface area contributed by atoms with Crippen LogP contribution in [0.2, 0.25) is 0 Å². The lowest BCUT2D eigenvalue weighted by Crippen LogP contribution is -2.43. The molecule has 3 rings (SSSR count). The molecular formula is C21H24FN5O2. The van der Waals surface area contributed by atoms with Crippen LogP contribution in [0.15, 0.2) is 58.1 Å². The number of nitrogens with zero attached hydrogens (tertiary/aromatic N) is 4. The first-order valence-electron chi connectivity index (χ1n) is 9.28. The van der Waals surface area contributed by atoms with Crippen molar-refractivity contribution in [3.8, 4) is 0 Å². The number of halogens is 1. The Hall–Kier alpha value is -3.42. The Morgan fingerprint density at radius 2 is 1.66 bits per heavy atom. The normalized spacial score (nSPS) is 11.0. The monoisotopic (exact) mass is 397 g/mol. The van der Waals surface area contributed by atoms with Gasteiger partial charge in [-0.15, -0.1) is 0 Å². The molecule has 2 aromatic carbocycles. The fourth-order valence-electron chi connectivity index (χ4n) is 2.93. The SMILES string of the molecule is CC(C)n1c(=O)nc(Nc2ccc(N(C)C)cc2)n(Cc2ccc(F)cc2)c1=O. The van der Waals surface area contributed by atoms with Gasteiger partial charge in [-0.3, -0.25) is 4.57 Å². The number of aromatic nitrogens is 3. The molecule has 0 aliphatic rings. The van der Waals surface area contributed by atoms with E-state index in [2.05, 4.69) is 10.3 Å². The van der Waals surface area contributed by atoms with E-state index >= 15 is 0 Å². The van der Waals surface area contributed by atoms with Crippen LogP contribution < -0.4 is 21.6 Å². The second kappa shape index (κ2) is 8.30. The van der Waals surface area contributed by atoms with Gasteiger partial charge in [-0.1, -0.05) is 12.1 Å². The quantitative estimate of drug-likeness (QED) is 0.692.